The SMILES string of the molecule is CC(=O)NC[C@H]1CN(c2ccc(-c3ccc(Cn4ccnc4C)cc3)c(F)c2)C(=O)O1. The Hall–Kier alpha value is -3.68. The van der Waals surface area contributed by atoms with Crippen LogP contribution >= 0.6 is 0 Å². The number of ether oxygens (including phenoxy) is 1. The third-order valence-corrected chi connectivity index (χ3v) is 5.26. The highest BCUT2D eigenvalue weighted by atomic mass is 19.1. The van der Waals surface area contributed by atoms with Crippen LogP contribution in [0.5, 0.6) is 0 Å². The molecule has 2 heterocycles. The molecule has 2 amide bonds. The lowest BCUT2D eigenvalue weighted by molar-refractivity contribution is -0.119. The summed E-state index contributed by atoms with van der Waals surface area (Å²) in [6.07, 6.45) is 2.66. The second kappa shape index (κ2) is 8.59. The first-order chi connectivity index (χ1) is 14.9. The van der Waals surface area contributed by atoms with Crippen LogP contribution in [-0.4, -0.2) is 40.7 Å². The lowest BCUT2D eigenvalue weighted by Gasteiger charge is -2.15. The number of hydrogen-bond acceptors (Lipinski definition) is 4. The van der Waals surface area contributed by atoms with Crippen molar-refractivity contribution in [2.24, 2.45) is 0 Å². The Kier molecular flexibility index (Phi) is 5.70. The summed E-state index contributed by atoms with van der Waals surface area (Å²) >= 11 is 0. The molecule has 1 N–H and O–H groups in total. The van der Waals surface area contributed by atoms with E-state index in [4.69, 9.17) is 4.74 Å². The maximum absolute atomic E-state index is 14.9. The predicted molar refractivity (Wildman–Crippen MR) is 114 cm³/mol. The van der Waals surface area contributed by atoms with Crippen molar-refractivity contribution in [2.75, 3.05) is 18.0 Å². The average molecular weight is 422 g/mol. The summed E-state index contributed by atoms with van der Waals surface area (Å²) in [5, 5.41) is 2.62. The van der Waals surface area contributed by atoms with Crippen molar-refractivity contribution < 1.29 is 18.7 Å². The zero-order valence-electron chi connectivity index (χ0n) is 17.3. The fourth-order valence-electron chi connectivity index (χ4n) is 3.56. The molecule has 0 bridgehead atoms. The molecular formula is C23H23FN4O3. The van der Waals surface area contributed by atoms with Crippen molar-refractivity contribution in [2.45, 2.75) is 26.5 Å². The van der Waals surface area contributed by atoms with E-state index in [0.717, 1.165) is 17.0 Å². The molecule has 2 aromatic carbocycles. The van der Waals surface area contributed by atoms with E-state index in [2.05, 4.69) is 10.3 Å². The Morgan fingerprint density at radius 1 is 1.26 bits per heavy atom. The lowest BCUT2D eigenvalue weighted by atomic mass is 10.0. The van der Waals surface area contributed by atoms with Crippen LogP contribution in [0.25, 0.3) is 11.1 Å². The van der Waals surface area contributed by atoms with Gasteiger partial charge in [0.1, 0.15) is 17.7 Å². The van der Waals surface area contributed by atoms with E-state index in [1.54, 1.807) is 18.3 Å². The fraction of sp³-hybridized carbons (Fsp3) is 0.261. The van der Waals surface area contributed by atoms with Gasteiger partial charge in [0, 0.05) is 31.4 Å². The van der Waals surface area contributed by atoms with E-state index >= 15 is 0 Å². The smallest absolute Gasteiger partial charge is 0.414 e. The maximum atomic E-state index is 14.9. The van der Waals surface area contributed by atoms with Gasteiger partial charge >= 0.3 is 6.09 Å². The van der Waals surface area contributed by atoms with Crippen molar-refractivity contribution in [3.63, 3.8) is 0 Å². The number of hydrogen-bond donors (Lipinski definition) is 1. The van der Waals surface area contributed by atoms with Gasteiger partial charge in [-0.2, -0.15) is 0 Å². The number of carbonyl (C=O) groups excluding carboxylic acids is 2. The predicted octanol–water partition coefficient (Wildman–Crippen LogP) is 3.51. The van der Waals surface area contributed by atoms with Crippen molar-refractivity contribution >= 4 is 17.7 Å². The number of imidazole rings is 1. The van der Waals surface area contributed by atoms with Crippen molar-refractivity contribution in [3.8, 4) is 11.1 Å². The number of halogens is 1. The van der Waals surface area contributed by atoms with Gasteiger partial charge < -0.3 is 14.6 Å². The van der Waals surface area contributed by atoms with Crippen molar-refractivity contribution in [3.05, 3.63) is 72.1 Å². The highest BCUT2D eigenvalue weighted by Gasteiger charge is 2.32. The summed E-state index contributed by atoms with van der Waals surface area (Å²) in [4.78, 5) is 28.8. The van der Waals surface area contributed by atoms with Crippen LogP contribution in [-0.2, 0) is 16.1 Å². The normalized spacial score (nSPS) is 15.8. The number of amides is 2. The number of aromatic nitrogens is 2. The highest BCUT2D eigenvalue weighted by Crippen LogP contribution is 2.29. The third kappa shape index (κ3) is 4.58. The van der Waals surface area contributed by atoms with Gasteiger partial charge in [-0.25, -0.2) is 14.2 Å². The topological polar surface area (TPSA) is 76.5 Å². The molecule has 3 aromatic rings. The van der Waals surface area contributed by atoms with E-state index in [-0.39, 0.29) is 19.0 Å². The summed E-state index contributed by atoms with van der Waals surface area (Å²) in [6, 6.07) is 12.4. The van der Waals surface area contributed by atoms with Crippen LogP contribution in [0.4, 0.5) is 14.9 Å². The number of nitrogens with one attached hydrogen (secondary N) is 1. The zero-order chi connectivity index (χ0) is 22.0. The summed E-state index contributed by atoms with van der Waals surface area (Å²) < 4.78 is 22.2. The van der Waals surface area contributed by atoms with E-state index in [1.165, 1.54) is 17.9 Å². The molecule has 7 nitrogen and oxygen atoms in total. The number of nitrogens with zero attached hydrogens (tertiary/aromatic N) is 3. The van der Waals surface area contributed by atoms with Gasteiger partial charge in [-0.1, -0.05) is 24.3 Å². The Bertz CT molecular complexity index is 1110. The average Bonchev–Trinajstić information content (AvgIpc) is 3.32. The summed E-state index contributed by atoms with van der Waals surface area (Å²) in [5.74, 6) is 0.315. The second-order valence-electron chi connectivity index (χ2n) is 7.52. The quantitative estimate of drug-likeness (QED) is 0.660. The molecule has 4 rings (SSSR count). The highest BCUT2D eigenvalue weighted by molar-refractivity contribution is 5.90. The molecule has 160 valence electrons. The minimum Gasteiger partial charge on any atom is -0.442 e. The molecule has 1 aliphatic heterocycles. The molecule has 1 atom stereocenters. The van der Waals surface area contributed by atoms with E-state index in [1.807, 2.05) is 42.0 Å². The van der Waals surface area contributed by atoms with E-state index in [9.17, 15) is 14.0 Å². The number of benzene rings is 2. The fourth-order valence-corrected chi connectivity index (χ4v) is 3.56. The third-order valence-electron chi connectivity index (χ3n) is 5.26. The minimum absolute atomic E-state index is 0.198. The van der Waals surface area contributed by atoms with Gasteiger partial charge in [0.2, 0.25) is 5.91 Å². The molecule has 8 heteroatoms. The standard InChI is InChI=1S/C23H23FN4O3/c1-15-25-9-10-27(15)13-17-3-5-18(6-4-17)21-8-7-19(11-22(21)24)28-14-20(31-23(28)30)12-26-16(2)29/h3-11,20H,12-14H2,1-2H3,(H,26,29)/t20-/m0/s1. The number of anilines is 1. The monoisotopic (exact) mass is 422 g/mol. The molecule has 1 aromatic heterocycles. The summed E-state index contributed by atoms with van der Waals surface area (Å²) in [7, 11) is 0. The minimum atomic E-state index is -0.554. The first-order valence-electron chi connectivity index (χ1n) is 10.00. The molecule has 1 fully saturated rings. The number of rotatable bonds is 6. The maximum Gasteiger partial charge on any atom is 0.414 e. The molecule has 0 aliphatic carbocycles. The molecule has 1 aliphatic rings. The summed E-state index contributed by atoms with van der Waals surface area (Å²) in [5.41, 5.74) is 2.72. The van der Waals surface area contributed by atoms with Gasteiger partial charge in [0.25, 0.3) is 0 Å². The number of carbonyl (C=O) groups is 2. The molecule has 0 spiro atoms. The largest absolute Gasteiger partial charge is 0.442 e. The molecule has 0 unspecified atom stereocenters. The van der Waals surface area contributed by atoms with Gasteiger partial charge in [0.15, 0.2) is 0 Å². The van der Waals surface area contributed by atoms with Crippen LogP contribution in [0.15, 0.2) is 54.9 Å². The van der Waals surface area contributed by atoms with Crippen molar-refractivity contribution in [1.82, 2.24) is 14.9 Å². The second-order valence-corrected chi connectivity index (χ2v) is 7.52. The molecule has 1 saturated heterocycles. The Balaban J connectivity index is 1.47. The lowest BCUT2D eigenvalue weighted by Crippen LogP contribution is -2.33. The summed E-state index contributed by atoms with van der Waals surface area (Å²) in [6.45, 7) is 4.52. The Labute approximate surface area is 179 Å². The van der Waals surface area contributed by atoms with Crippen LogP contribution in [0, 0.1) is 12.7 Å². The number of aryl methyl sites for hydroxylation is 1. The van der Waals surface area contributed by atoms with Gasteiger partial charge in [-0.15, -0.1) is 0 Å². The molecule has 0 radical (unpaired) electrons. The van der Waals surface area contributed by atoms with Crippen LogP contribution < -0.4 is 10.2 Å². The molecular weight excluding hydrogens is 399 g/mol. The Morgan fingerprint density at radius 2 is 2.03 bits per heavy atom. The van der Waals surface area contributed by atoms with Gasteiger partial charge in [0.05, 0.1) is 18.8 Å². The van der Waals surface area contributed by atoms with Gasteiger partial charge in [-0.3, -0.25) is 9.69 Å². The van der Waals surface area contributed by atoms with E-state index < -0.39 is 18.0 Å². The Morgan fingerprint density at radius 3 is 2.68 bits per heavy atom. The molecule has 31 heavy (non-hydrogen) atoms. The van der Waals surface area contributed by atoms with Crippen LogP contribution in [0.3, 0.4) is 0 Å². The van der Waals surface area contributed by atoms with Crippen LogP contribution in [0.1, 0.15) is 18.3 Å². The van der Waals surface area contributed by atoms with Crippen LogP contribution in [0.2, 0.25) is 0 Å². The van der Waals surface area contributed by atoms with Gasteiger partial charge in [-0.05, 0) is 36.2 Å². The van der Waals surface area contributed by atoms with Crippen molar-refractivity contribution in [1.29, 1.82) is 0 Å². The zero-order valence-corrected chi connectivity index (χ0v) is 17.3. The first-order valence-corrected chi connectivity index (χ1v) is 10.00. The number of cyclic esters (lactones) is 1. The first kappa shape index (κ1) is 20.6. The molecule has 0 saturated carbocycles. The van der Waals surface area contributed by atoms with E-state index in [0.29, 0.717) is 17.8 Å².